The van der Waals surface area contributed by atoms with Crippen LogP contribution < -0.4 is 10.0 Å². The van der Waals surface area contributed by atoms with Gasteiger partial charge in [0.05, 0.1) is 4.90 Å². The van der Waals surface area contributed by atoms with Gasteiger partial charge in [0.15, 0.2) is 0 Å². The fourth-order valence-corrected chi connectivity index (χ4v) is 4.77. The maximum Gasteiger partial charge on any atom is 0.321 e. The fraction of sp³-hybridized carbons (Fsp3) is 0.130. The van der Waals surface area contributed by atoms with Crippen LogP contribution in [-0.2, 0) is 19.6 Å². The summed E-state index contributed by atoms with van der Waals surface area (Å²) in [6, 6.07) is 16.5. The fourth-order valence-electron chi connectivity index (χ4n) is 3.39. The number of halogens is 1. The Kier molecular flexibility index (Phi) is 6.37. The van der Waals surface area contributed by atoms with Crippen molar-refractivity contribution >= 4 is 61.1 Å². The first-order valence-electron chi connectivity index (χ1n) is 9.95. The number of anilines is 1. The zero-order chi connectivity index (χ0) is 23.6. The standard InChI is InChI=1S/C23H19ClN2O6S/c24-14-5-7-15(8-6-14)25-22(27)12-10-19(23(28)29)26-33(30,31)16-9-11-21-18(13-16)17-3-1-2-4-20(17)32-21/h1-9,11,13,19,26H,10,12H2,(H,25,27)(H,28,29). The summed E-state index contributed by atoms with van der Waals surface area (Å²) in [7, 11) is -4.17. The largest absolute Gasteiger partial charge is 0.480 e. The maximum absolute atomic E-state index is 12.9. The smallest absolute Gasteiger partial charge is 0.321 e. The van der Waals surface area contributed by atoms with Crippen molar-refractivity contribution in [1.82, 2.24) is 4.72 Å². The van der Waals surface area contributed by atoms with E-state index < -0.39 is 27.9 Å². The van der Waals surface area contributed by atoms with Gasteiger partial charge in [0, 0.05) is 27.9 Å². The molecule has 8 nitrogen and oxygen atoms in total. The molecule has 4 rings (SSSR count). The minimum absolute atomic E-state index is 0.0987. The van der Waals surface area contributed by atoms with Crippen LogP contribution in [-0.4, -0.2) is 31.4 Å². The molecule has 0 saturated carbocycles. The molecule has 1 atom stereocenters. The van der Waals surface area contributed by atoms with Crippen LogP contribution in [0.3, 0.4) is 0 Å². The molecule has 4 aromatic rings. The Hall–Kier alpha value is -3.40. The molecule has 1 aromatic heterocycles. The lowest BCUT2D eigenvalue weighted by molar-refractivity contribution is -0.139. The van der Waals surface area contributed by atoms with Crippen LogP contribution in [0.1, 0.15) is 12.8 Å². The molecule has 10 heteroatoms. The zero-order valence-corrected chi connectivity index (χ0v) is 18.7. The molecule has 0 saturated heterocycles. The summed E-state index contributed by atoms with van der Waals surface area (Å²) in [6.07, 6.45) is -0.432. The van der Waals surface area contributed by atoms with Gasteiger partial charge in [0.2, 0.25) is 15.9 Å². The molecule has 1 heterocycles. The Morgan fingerprint density at radius 1 is 0.970 bits per heavy atom. The van der Waals surface area contributed by atoms with Crippen LogP contribution in [0.2, 0.25) is 5.02 Å². The third-order valence-corrected chi connectivity index (χ3v) is 6.76. The minimum Gasteiger partial charge on any atom is -0.480 e. The molecule has 3 N–H and O–H groups in total. The highest BCUT2D eigenvalue weighted by Gasteiger charge is 2.26. The van der Waals surface area contributed by atoms with Crippen molar-refractivity contribution in [3.8, 4) is 0 Å². The third kappa shape index (κ3) is 5.16. The highest BCUT2D eigenvalue weighted by Crippen LogP contribution is 2.30. The Morgan fingerprint density at radius 2 is 1.67 bits per heavy atom. The SMILES string of the molecule is O=C(CCC(NS(=O)(=O)c1ccc2oc3ccccc3c2c1)C(=O)O)Nc1ccc(Cl)cc1. The molecule has 1 amide bonds. The van der Waals surface area contributed by atoms with Crippen LogP contribution in [0.4, 0.5) is 5.69 Å². The molecule has 33 heavy (non-hydrogen) atoms. The van der Waals surface area contributed by atoms with Gasteiger partial charge in [-0.05, 0) is 55.0 Å². The summed E-state index contributed by atoms with van der Waals surface area (Å²) >= 11 is 5.80. The number of hydrogen-bond donors (Lipinski definition) is 3. The van der Waals surface area contributed by atoms with Crippen molar-refractivity contribution < 1.29 is 27.5 Å². The molecule has 170 valence electrons. The molecule has 0 spiro atoms. The average Bonchev–Trinajstić information content (AvgIpc) is 3.16. The second-order valence-electron chi connectivity index (χ2n) is 7.36. The lowest BCUT2D eigenvalue weighted by atomic mass is 10.1. The first kappa shape index (κ1) is 22.8. The highest BCUT2D eigenvalue weighted by atomic mass is 35.5. The number of carbonyl (C=O) groups excluding carboxylic acids is 1. The molecule has 1 unspecified atom stereocenters. The van der Waals surface area contributed by atoms with Gasteiger partial charge in [0.1, 0.15) is 17.2 Å². The van der Waals surface area contributed by atoms with Gasteiger partial charge in [0.25, 0.3) is 0 Å². The number of amides is 1. The number of carboxylic acid groups (broad SMARTS) is 1. The van der Waals surface area contributed by atoms with E-state index >= 15 is 0 Å². The number of benzene rings is 3. The van der Waals surface area contributed by atoms with E-state index in [2.05, 4.69) is 10.0 Å². The van der Waals surface area contributed by atoms with Gasteiger partial charge in [-0.25, -0.2) is 8.42 Å². The van der Waals surface area contributed by atoms with E-state index in [4.69, 9.17) is 16.0 Å². The molecule has 0 aliphatic carbocycles. The summed E-state index contributed by atoms with van der Waals surface area (Å²) < 4.78 is 33.7. The monoisotopic (exact) mass is 486 g/mol. The molecule has 3 aromatic carbocycles. The number of aliphatic carboxylic acids is 1. The van der Waals surface area contributed by atoms with Crippen molar-refractivity contribution in [3.05, 3.63) is 71.8 Å². The van der Waals surface area contributed by atoms with Gasteiger partial charge in [-0.2, -0.15) is 4.72 Å². The molecule has 0 fully saturated rings. The minimum atomic E-state index is -4.17. The zero-order valence-electron chi connectivity index (χ0n) is 17.1. The molecule has 0 aliphatic heterocycles. The van der Waals surface area contributed by atoms with E-state index in [1.165, 1.54) is 18.2 Å². The second-order valence-corrected chi connectivity index (χ2v) is 9.51. The van der Waals surface area contributed by atoms with E-state index in [1.54, 1.807) is 30.3 Å². The van der Waals surface area contributed by atoms with Crippen molar-refractivity contribution in [1.29, 1.82) is 0 Å². The maximum atomic E-state index is 12.9. The Morgan fingerprint density at radius 3 is 2.39 bits per heavy atom. The summed E-state index contributed by atoms with van der Waals surface area (Å²) in [5.74, 6) is -1.83. The Balaban J connectivity index is 1.48. The van der Waals surface area contributed by atoms with Gasteiger partial charge < -0.3 is 14.8 Å². The summed E-state index contributed by atoms with van der Waals surface area (Å²) in [6.45, 7) is 0. The number of sulfonamides is 1. The average molecular weight is 487 g/mol. The molecular weight excluding hydrogens is 468 g/mol. The van der Waals surface area contributed by atoms with E-state index in [1.807, 2.05) is 18.2 Å². The lowest BCUT2D eigenvalue weighted by Gasteiger charge is -2.15. The van der Waals surface area contributed by atoms with Crippen molar-refractivity contribution in [2.75, 3.05) is 5.32 Å². The topological polar surface area (TPSA) is 126 Å². The number of para-hydroxylation sites is 1. The van der Waals surface area contributed by atoms with E-state index in [-0.39, 0.29) is 17.7 Å². The number of hydrogen-bond acceptors (Lipinski definition) is 5. The van der Waals surface area contributed by atoms with E-state index in [0.29, 0.717) is 27.3 Å². The summed E-state index contributed by atoms with van der Waals surface area (Å²) in [5, 5.41) is 14.0. The van der Waals surface area contributed by atoms with Crippen LogP contribution in [0.25, 0.3) is 21.9 Å². The van der Waals surface area contributed by atoms with Gasteiger partial charge >= 0.3 is 5.97 Å². The van der Waals surface area contributed by atoms with E-state index in [0.717, 1.165) is 5.39 Å². The lowest BCUT2D eigenvalue weighted by Crippen LogP contribution is -2.41. The Labute approximate surface area is 194 Å². The number of fused-ring (bicyclic) bond motifs is 3. The highest BCUT2D eigenvalue weighted by molar-refractivity contribution is 7.89. The van der Waals surface area contributed by atoms with E-state index in [9.17, 15) is 23.1 Å². The first-order chi connectivity index (χ1) is 15.7. The van der Waals surface area contributed by atoms with Crippen LogP contribution >= 0.6 is 11.6 Å². The summed E-state index contributed by atoms with van der Waals surface area (Å²) in [5.41, 5.74) is 1.63. The Bertz CT molecular complexity index is 1450. The number of nitrogens with one attached hydrogen (secondary N) is 2. The third-order valence-electron chi connectivity index (χ3n) is 5.04. The quantitative estimate of drug-likeness (QED) is 0.339. The number of carbonyl (C=O) groups is 2. The molecule has 0 radical (unpaired) electrons. The molecule has 0 aliphatic rings. The molecule has 0 bridgehead atoms. The van der Waals surface area contributed by atoms with Gasteiger partial charge in [-0.1, -0.05) is 29.8 Å². The van der Waals surface area contributed by atoms with Crippen molar-refractivity contribution in [2.24, 2.45) is 0 Å². The predicted molar refractivity (Wildman–Crippen MR) is 125 cm³/mol. The van der Waals surface area contributed by atoms with Crippen molar-refractivity contribution in [3.63, 3.8) is 0 Å². The van der Waals surface area contributed by atoms with Crippen LogP contribution in [0.15, 0.2) is 76.0 Å². The predicted octanol–water partition coefficient (Wildman–Crippen LogP) is 4.39. The van der Waals surface area contributed by atoms with Crippen LogP contribution in [0, 0.1) is 0 Å². The van der Waals surface area contributed by atoms with Gasteiger partial charge in [-0.3, -0.25) is 9.59 Å². The summed E-state index contributed by atoms with van der Waals surface area (Å²) in [4.78, 5) is 23.8. The first-order valence-corrected chi connectivity index (χ1v) is 11.8. The molecular formula is C23H19ClN2O6S. The number of furan rings is 1. The van der Waals surface area contributed by atoms with Crippen LogP contribution in [0.5, 0.6) is 0 Å². The van der Waals surface area contributed by atoms with Crippen molar-refractivity contribution in [2.45, 2.75) is 23.8 Å². The number of rotatable bonds is 8. The normalized spacial score (nSPS) is 12.6. The van der Waals surface area contributed by atoms with Gasteiger partial charge in [-0.15, -0.1) is 0 Å². The second kappa shape index (κ2) is 9.22. The number of carboxylic acids is 1.